The molecule has 1 atom stereocenters. The van der Waals surface area contributed by atoms with Crippen molar-refractivity contribution in [1.82, 2.24) is 4.90 Å². The number of nitrogens with zero attached hydrogens (tertiary/aromatic N) is 1. The summed E-state index contributed by atoms with van der Waals surface area (Å²) in [5, 5.41) is 9.06. The van der Waals surface area contributed by atoms with Crippen LogP contribution in [-0.2, 0) is 16.0 Å². The third-order valence-electron chi connectivity index (χ3n) is 5.24. The van der Waals surface area contributed by atoms with E-state index in [1.165, 1.54) is 12.1 Å². The molecule has 23 heavy (non-hydrogen) atoms. The fourth-order valence-electron chi connectivity index (χ4n) is 3.59. The van der Waals surface area contributed by atoms with Crippen LogP contribution in [0.4, 0.5) is 8.78 Å². The van der Waals surface area contributed by atoms with Crippen molar-refractivity contribution >= 4 is 11.9 Å². The number of benzene rings is 1. The van der Waals surface area contributed by atoms with Gasteiger partial charge in [0, 0.05) is 19.5 Å². The summed E-state index contributed by atoms with van der Waals surface area (Å²) >= 11 is 0. The van der Waals surface area contributed by atoms with Crippen molar-refractivity contribution in [2.75, 3.05) is 13.1 Å². The zero-order valence-corrected chi connectivity index (χ0v) is 12.7. The van der Waals surface area contributed by atoms with E-state index in [-0.39, 0.29) is 35.6 Å². The first-order chi connectivity index (χ1) is 10.9. The smallest absolute Gasteiger partial charge is 0.307 e. The van der Waals surface area contributed by atoms with Crippen molar-refractivity contribution in [2.24, 2.45) is 11.3 Å². The number of aliphatic carboxylic acids is 1. The summed E-state index contributed by atoms with van der Waals surface area (Å²) in [6.45, 7) is 1.10. The highest BCUT2D eigenvalue weighted by Gasteiger charge is 2.59. The van der Waals surface area contributed by atoms with Gasteiger partial charge in [0.25, 0.3) is 0 Å². The highest BCUT2D eigenvalue weighted by Crippen LogP contribution is 2.59. The van der Waals surface area contributed by atoms with Crippen LogP contribution in [0, 0.1) is 23.0 Å². The number of carbonyl (C=O) groups excluding carboxylic acids is 1. The van der Waals surface area contributed by atoms with Gasteiger partial charge in [0.2, 0.25) is 5.91 Å². The first kappa shape index (κ1) is 15.9. The first-order valence-electron chi connectivity index (χ1n) is 7.86. The van der Waals surface area contributed by atoms with Crippen LogP contribution in [0.2, 0.25) is 0 Å². The quantitative estimate of drug-likeness (QED) is 0.926. The summed E-state index contributed by atoms with van der Waals surface area (Å²) in [7, 11) is 0. The van der Waals surface area contributed by atoms with Crippen molar-refractivity contribution in [1.29, 1.82) is 0 Å². The second kappa shape index (κ2) is 5.91. The molecule has 1 saturated heterocycles. The van der Waals surface area contributed by atoms with E-state index in [4.69, 9.17) is 5.11 Å². The van der Waals surface area contributed by atoms with Gasteiger partial charge in [-0.15, -0.1) is 0 Å². The first-order valence-corrected chi connectivity index (χ1v) is 7.86. The monoisotopic (exact) mass is 323 g/mol. The molecule has 6 heteroatoms. The molecule has 0 aromatic heterocycles. The lowest BCUT2D eigenvalue weighted by Crippen LogP contribution is -2.40. The number of aryl methyl sites for hydroxylation is 1. The fraction of sp³-hybridized carbons (Fsp3) is 0.529. The third kappa shape index (κ3) is 3.07. The maximum atomic E-state index is 13.6. The van der Waals surface area contributed by atoms with E-state index in [9.17, 15) is 18.4 Å². The molecule has 1 N–H and O–H groups in total. The summed E-state index contributed by atoms with van der Waals surface area (Å²) in [6, 6.07) is 3.97. The number of amides is 1. The van der Waals surface area contributed by atoms with E-state index in [1.54, 1.807) is 4.90 Å². The topological polar surface area (TPSA) is 57.6 Å². The van der Waals surface area contributed by atoms with Gasteiger partial charge in [0.1, 0.15) is 0 Å². The molecule has 0 bridgehead atoms. The van der Waals surface area contributed by atoms with Gasteiger partial charge in [0.15, 0.2) is 11.6 Å². The normalized spacial score (nSPS) is 22.2. The zero-order chi connectivity index (χ0) is 16.6. The van der Waals surface area contributed by atoms with Crippen LogP contribution in [0.1, 0.15) is 31.2 Å². The lowest BCUT2D eigenvalue weighted by molar-refractivity contribution is -0.139. The molecular weight excluding hydrogens is 304 g/mol. The largest absolute Gasteiger partial charge is 0.481 e. The van der Waals surface area contributed by atoms with Gasteiger partial charge in [-0.3, -0.25) is 9.59 Å². The molecular formula is C17H19F2NO3. The average Bonchev–Trinajstić information content (AvgIpc) is 3.23. The van der Waals surface area contributed by atoms with Crippen LogP contribution in [-0.4, -0.2) is 35.0 Å². The summed E-state index contributed by atoms with van der Waals surface area (Å²) in [5.74, 6) is -2.88. The number of hydrogen-bond donors (Lipinski definition) is 1. The maximum Gasteiger partial charge on any atom is 0.307 e. The van der Waals surface area contributed by atoms with Crippen LogP contribution < -0.4 is 0 Å². The minimum Gasteiger partial charge on any atom is -0.481 e. The van der Waals surface area contributed by atoms with Gasteiger partial charge in [-0.1, -0.05) is 12.1 Å². The molecule has 1 aromatic rings. The van der Waals surface area contributed by atoms with Gasteiger partial charge in [-0.2, -0.15) is 0 Å². The molecule has 124 valence electrons. The lowest BCUT2D eigenvalue weighted by atomic mass is 9.90. The van der Waals surface area contributed by atoms with E-state index in [0.717, 1.165) is 6.07 Å². The number of halogens is 2. The molecule has 0 radical (unpaired) electrons. The predicted octanol–water partition coefficient (Wildman–Crippen LogP) is 2.61. The molecule has 1 amide bonds. The Kier molecular flexibility index (Phi) is 4.08. The molecule has 2 aliphatic rings. The van der Waals surface area contributed by atoms with Crippen LogP contribution >= 0.6 is 0 Å². The summed E-state index contributed by atoms with van der Waals surface area (Å²) < 4.78 is 26.7. The Morgan fingerprint density at radius 3 is 2.57 bits per heavy atom. The number of rotatable bonds is 4. The predicted molar refractivity (Wildman–Crippen MR) is 78.7 cm³/mol. The zero-order valence-electron chi connectivity index (χ0n) is 12.7. The van der Waals surface area contributed by atoms with E-state index < -0.39 is 17.6 Å². The van der Waals surface area contributed by atoms with Crippen LogP contribution in [0.15, 0.2) is 18.2 Å². The molecule has 1 unspecified atom stereocenters. The molecule has 1 aliphatic heterocycles. The second-order valence-corrected chi connectivity index (χ2v) is 6.55. The summed E-state index contributed by atoms with van der Waals surface area (Å²) in [5.41, 5.74) is 0.0945. The highest BCUT2D eigenvalue weighted by molar-refractivity contribution is 5.77. The van der Waals surface area contributed by atoms with Crippen molar-refractivity contribution in [3.05, 3.63) is 35.4 Å². The minimum atomic E-state index is -0.900. The highest BCUT2D eigenvalue weighted by atomic mass is 19.2. The summed E-state index contributed by atoms with van der Waals surface area (Å²) in [6.07, 6.45) is 2.44. The van der Waals surface area contributed by atoms with E-state index in [0.29, 0.717) is 32.4 Å². The van der Waals surface area contributed by atoms with Crippen molar-refractivity contribution in [3.63, 3.8) is 0 Å². The molecule has 1 aromatic carbocycles. The number of carbonyl (C=O) groups is 2. The van der Waals surface area contributed by atoms with Gasteiger partial charge >= 0.3 is 5.97 Å². The Bertz CT molecular complexity index is 639. The number of likely N-dealkylation sites (tertiary alicyclic amines) is 1. The van der Waals surface area contributed by atoms with Crippen LogP contribution in [0.3, 0.4) is 0 Å². The molecule has 1 saturated carbocycles. The van der Waals surface area contributed by atoms with E-state index in [1.807, 2.05) is 0 Å². The van der Waals surface area contributed by atoms with Crippen LogP contribution in [0.5, 0.6) is 0 Å². The standard InChI is InChI=1S/C17H19F2NO3/c18-13-3-1-2-11(15(13)19)4-5-14(21)20-8-6-17(7-9-20)10-12(17)16(22)23/h1-3,12H,4-10H2,(H,22,23). The fourth-order valence-corrected chi connectivity index (χ4v) is 3.59. The third-order valence-corrected chi connectivity index (χ3v) is 5.24. The number of carboxylic acids is 1. The van der Waals surface area contributed by atoms with E-state index >= 15 is 0 Å². The molecule has 2 fully saturated rings. The van der Waals surface area contributed by atoms with Crippen molar-refractivity contribution in [3.8, 4) is 0 Å². The number of piperidine rings is 1. The molecule has 1 aliphatic carbocycles. The lowest BCUT2D eigenvalue weighted by Gasteiger charge is -2.32. The Balaban J connectivity index is 1.51. The van der Waals surface area contributed by atoms with Crippen LogP contribution in [0.25, 0.3) is 0 Å². The van der Waals surface area contributed by atoms with Gasteiger partial charge in [0.05, 0.1) is 5.92 Å². The van der Waals surface area contributed by atoms with Crippen molar-refractivity contribution < 1.29 is 23.5 Å². The Morgan fingerprint density at radius 1 is 1.26 bits per heavy atom. The summed E-state index contributed by atoms with van der Waals surface area (Å²) in [4.78, 5) is 24.9. The van der Waals surface area contributed by atoms with Crippen molar-refractivity contribution in [2.45, 2.75) is 32.1 Å². The Labute approximate surface area is 133 Å². The average molecular weight is 323 g/mol. The Morgan fingerprint density at radius 2 is 1.96 bits per heavy atom. The maximum absolute atomic E-state index is 13.6. The minimum absolute atomic E-state index is 0.0870. The van der Waals surface area contributed by atoms with E-state index in [2.05, 4.69) is 0 Å². The SMILES string of the molecule is O=C(O)C1CC12CCN(C(=O)CCc1cccc(F)c1F)CC2. The molecule has 4 nitrogen and oxygen atoms in total. The molecule has 1 spiro atoms. The van der Waals surface area contributed by atoms with Gasteiger partial charge < -0.3 is 10.0 Å². The molecule has 1 heterocycles. The number of carboxylic acid groups (broad SMARTS) is 1. The Hall–Kier alpha value is -1.98. The molecule has 3 rings (SSSR count). The number of hydrogen-bond acceptors (Lipinski definition) is 2. The second-order valence-electron chi connectivity index (χ2n) is 6.55. The van der Waals surface area contributed by atoms with Gasteiger partial charge in [-0.25, -0.2) is 8.78 Å². The van der Waals surface area contributed by atoms with Gasteiger partial charge in [-0.05, 0) is 42.7 Å².